The van der Waals surface area contributed by atoms with E-state index in [1.54, 1.807) is 0 Å². The highest BCUT2D eigenvalue weighted by Crippen LogP contribution is 2.39. The third kappa shape index (κ3) is 1.79. The van der Waals surface area contributed by atoms with Crippen molar-refractivity contribution >= 4 is 12.2 Å². The Morgan fingerprint density at radius 3 is 1.74 bits per heavy atom. The van der Waals surface area contributed by atoms with Crippen molar-refractivity contribution in [3.63, 3.8) is 0 Å². The van der Waals surface area contributed by atoms with E-state index in [4.69, 9.17) is 0 Å². The molecule has 0 aromatic heterocycles. The van der Waals surface area contributed by atoms with Crippen LogP contribution < -0.4 is 0 Å². The minimum absolute atomic E-state index is 0.245. The number of rotatable bonds is 0. The van der Waals surface area contributed by atoms with Gasteiger partial charge in [0.05, 0.1) is 5.41 Å². The van der Waals surface area contributed by atoms with Crippen molar-refractivity contribution in [2.45, 2.75) is 19.3 Å². The molecular formula is C19H16. The second-order valence-electron chi connectivity index (χ2n) is 5.01. The molecule has 0 saturated carbocycles. The van der Waals surface area contributed by atoms with Crippen molar-refractivity contribution in [3.8, 4) is 11.8 Å². The van der Waals surface area contributed by atoms with Crippen LogP contribution in [0.25, 0.3) is 12.2 Å². The van der Waals surface area contributed by atoms with Crippen LogP contribution in [-0.4, -0.2) is 0 Å². The SMILES string of the molecule is CC#CC1(C)c2ccccc2C=Cc2ccccc21. The molecule has 2 aromatic rings. The van der Waals surface area contributed by atoms with E-state index in [0.717, 1.165) is 0 Å². The lowest BCUT2D eigenvalue weighted by Gasteiger charge is -2.27. The second kappa shape index (κ2) is 4.44. The maximum absolute atomic E-state index is 3.42. The van der Waals surface area contributed by atoms with Crippen LogP contribution in [0.2, 0.25) is 0 Å². The summed E-state index contributed by atoms with van der Waals surface area (Å²) in [5.74, 6) is 6.53. The Morgan fingerprint density at radius 1 is 0.789 bits per heavy atom. The van der Waals surface area contributed by atoms with Gasteiger partial charge in [-0.2, -0.15) is 0 Å². The molecule has 0 radical (unpaired) electrons. The minimum atomic E-state index is -0.245. The topological polar surface area (TPSA) is 0 Å². The van der Waals surface area contributed by atoms with Gasteiger partial charge in [-0.05, 0) is 36.1 Å². The first-order valence-corrected chi connectivity index (χ1v) is 6.57. The summed E-state index contributed by atoms with van der Waals surface area (Å²) in [4.78, 5) is 0. The highest BCUT2D eigenvalue weighted by molar-refractivity contribution is 5.78. The molecule has 92 valence electrons. The van der Waals surface area contributed by atoms with Gasteiger partial charge in [0, 0.05) is 0 Å². The molecule has 0 heterocycles. The lowest BCUT2D eigenvalue weighted by Crippen LogP contribution is -2.23. The summed E-state index contributed by atoms with van der Waals surface area (Å²) in [5.41, 5.74) is 4.83. The molecule has 1 aliphatic rings. The summed E-state index contributed by atoms with van der Waals surface area (Å²) in [6.07, 6.45) is 4.38. The Morgan fingerprint density at radius 2 is 1.26 bits per heavy atom. The summed E-state index contributed by atoms with van der Waals surface area (Å²) >= 11 is 0. The summed E-state index contributed by atoms with van der Waals surface area (Å²) in [7, 11) is 0. The van der Waals surface area contributed by atoms with Gasteiger partial charge in [-0.25, -0.2) is 0 Å². The summed E-state index contributed by atoms with van der Waals surface area (Å²) in [5, 5.41) is 0. The van der Waals surface area contributed by atoms with E-state index >= 15 is 0 Å². The van der Waals surface area contributed by atoms with E-state index in [1.165, 1.54) is 22.3 Å². The molecule has 0 bridgehead atoms. The molecule has 1 aliphatic carbocycles. The second-order valence-corrected chi connectivity index (χ2v) is 5.01. The van der Waals surface area contributed by atoms with Gasteiger partial charge in [-0.15, -0.1) is 5.92 Å². The van der Waals surface area contributed by atoms with E-state index < -0.39 is 0 Å². The van der Waals surface area contributed by atoms with Gasteiger partial charge < -0.3 is 0 Å². The molecule has 0 aliphatic heterocycles. The van der Waals surface area contributed by atoms with Crippen molar-refractivity contribution in [2.24, 2.45) is 0 Å². The van der Waals surface area contributed by atoms with Gasteiger partial charge in [-0.1, -0.05) is 66.6 Å². The average Bonchev–Trinajstić information content (AvgIpc) is 2.57. The first-order valence-electron chi connectivity index (χ1n) is 6.57. The number of benzene rings is 2. The minimum Gasteiger partial charge on any atom is -0.105 e. The van der Waals surface area contributed by atoms with Crippen LogP contribution in [0.1, 0.15) is 36.1 Å². The highest BCUT2D eigenvalue weighted by Gasteiger charge is 2.31. The Kier molecular flexibility index (Phi) is 2.76. The fourth-order valence-corrected chi connectivity index (χ4v) is 2.90. The summed E-state index contributed by atoms with van der Waals surface area (Å²) < 4.78 is 0. The number of fused-ring (bicyclic) bond motifs is 2. The molecule has 0 heteroatoms. The molecular weight excluding hydrogens is 228 g/mol. The zero-order chi connectivity index (χ0) is 13.3. The molecule has 0 nitrogen and oxygen atoms in total. The summed E-state index contributed by atoms with van der Waals surface area (Å²) in [6, 6.07) is 17.0. The molecule has 0 spiro atoms. The molecule has 2 aromatic carbocycles. The van der Waals surface area contributed by atoms with Gasteiger partial charge >= 0.3 is 0 Å². The molecule has 0 N–H and O–H groups in total. The fourth-order valence-electron chi connectivity index (χ4n) is 2.90. The zero-order valence-corrected chi connectivity index (χ0v) is 11.3. The van der Waals surface area contributed by atoms with Crippen LogP contribution >= 0.6 is 0 Å². The van der Waals surface area contributed by atoms with Crippen LogP contribution in [0.4, 0.5) is 0 Å². The fraction of sp³-hybridized carbons (Fsp3) is 0.158. The lowest BCUT2D eigenvalue weighted by molar-refractivity contribution is 0.751. The predicted molar refractivity (Wildman–Crippen MR) is 81.7 cm³/mol. The van der Waals surface area contributed by atoms with E-state index in [-0.39, 0.29) is 5.41 Å². The van der Waals surface area contributed by atoms with E-state index in [2.05, 4.69) is 79.4 Å². The Balaban J connectivity index is 2.39. The standard InChI is InChI=1S/C19H16/c1-3-14-19(2)17-10-6-4-8-15(17)12-13-16-9-5-7-11-18(16)19/h4-13H,1-2H3. The van der Waals surface area contributed by atoms with Gasteiger partial charge in [0.1, 0.15) is 0 Å². The van der Waals surface area contributed by atoms with E-state index in [9.17, 15) is 0 Å². The molecule has 19 heavy (non-hydrogen) atoms. The third-order valence-corrected chi connectivity index (χ3v) is 3.82. The molecule has 3 rings (SSSR count). The maximum Gasteiger partial charge on any atom is 0.0795 e. The van der Waals surface area contributed by atoms with Crippen LogP contribution in [0.3, 0.4) is 0 Å². The molecule has 0 atom stereocenters. The monoisotopic (exact) mass is 244 g/mol. The van der Waals surface area contributed by atoms with Crippen molar-refractivity contribution in [2.75, 3.05) is 0 Å². The van der Waals surface area contributed by atoms with Gasteiger partial charge in [0.2, 0.25) is 0 Å². The van der Waals surface area contributed by atoms with Crippen LogP contribution in [0, 0.1) is 11.8 Å². The Labute approximate surface area is 114 Å². The quantitative estimate of drug-likeness (QED) is 0.598. The first kappa shape index (κ1) is 11.8. The van der Waals surface area contributed by atoms with E-state index in [0.29, 0.717) is 0 Å². The largest absolute Gasteiger partial charge is 0.105 e. The van der Waals surface area contributed by atoms with Crippen molar-refractivity contribution in [3.05, 3.63) is 70.8 Å². The molecule has 0 amide bonds. The highest BCUT2D eigenvalue weighted by atomic mass is 14.3. The molecule has 0 unspecified atom stereocenters. The maximum atomic E-state index is 3.42. The number of hydrogen-bond donors (Lipinski definition) is 0. The Hall–Kier alpha value is -2.26. The smallest absolute Gasteiger partial charge is 0.0795 e. The predicted octanol–water partition coefficient (Wildman–Crippen LogP) is 4.50. The van der Waals surface area contributed by atoms with Crippen LogP contribution in [0.5, 0.6) is 0 Å². The lowest BCUT2D eigenvalue weighted by atomic mass is 9.74. The van der Waals surface area contributed by atoms with Crippen molar-refractivity contribution < 1.29 is 0 Å². The zero-order valence-electron chi connectivity index (χ0n) is 11.3. The molecule has 0 fully saturated rings. The average molecular weight is 244 g/mol. The number of hydrogen-bond acceptors (Lipinski definition) is 0. The van der Waals surface area contributed by atoms with Crippen LogP contribution in [-0.2, 0) is 5.41 Å². The molecule has 0 saturated heterocycles. The normalized spacial score (nSPS) is 14.6. The van der Waals surface area contributed by atoms with Gasteiger partial charge in [-0.3, -0.25) is 0 Å². The first-order chi connectivity index (χ1) is 9.25. The van der Waals surface area contributed by atoms with Crippen LogP contribution in [0.15, 0.2) is 48.5 Å². The van der Waals surface area contributed by atoms with Gasteiger partial charge in [0.15, 0.2) is 0 Å². The van der Waals surface area contributed by atoms with Crippen molar-refractivity contribution in [1.82, 2.24) is 0 Å². The summed E-state index contributed by atoms with van der Waals surface area (Å²) in [6.45, 7) is 4.13. The Bertz CT molecular complexity index is 659. The van der Waals surface area contributed by atoms with E-state index in [1.807, 2.05) is 6.92 Å². The van der Waals surface area contributed by atoms with Crippen molar-refractivity contribution in [1.29, 1.82) is 0 Å². The third-order valence-electron chi connectivity index (χ3n) is 3.82. The van der Waals surface area contributed by atoms with Gasteiger partial charge in [0.25, 0.3) is 0 Å².